The molecular weight excluding hydrogens is 362 g/mol. The van der Waals surface area contributed by atoms with E-state index >= 15 is 0 Å². The van der Waals surface area contributed by atoms with E-state index in [1.807, 2.05) is 6.92 Å². The average molecular weight is 376 g/mol. The van der Waals surface area contributed by atoms with E-state index in [4.69, 9.17) is 16.3 Å². The molecule has 0 saturated carbocycles. The van der Waals surface area contributed by atoms with Crippen LogP contribution in [0.1, 0.15) is 12.5 Å². The highest BCUT2D eigenvalue weighted by Crippen LogP contribution is 2.23. The second-order valence-corrected chi connectivity index (χ2v) is 8.38. The van der Waals surface area contributed by atoms with Crippen LogP contribution >= 0.6 is 22.9 Å². The summed E-state index contributed by atoms with van der Waals surface area (Å²) in [4.78, 5) is 12.1. The van der Waals surface area contributed by atoms with E-state index in [2.05, 4.69) is 15.5 Å². The third-order valence-corrected chi connectivity index (χ3v) is 5.70. The van der Waals surface area contributed by atoms with Crippen molar-refractivity contribution in [2.45, 2.75) is 24.3 Å². The van der Waals surface area contributed by atoms with Gasteiger partial charge in [0, 0.05) is 11.3 Å². The lowest BCUT2D eigenvalue weighted by Gasteiger charge is -2.14. The molecule has 1 aromatic carbocycles. The van der Waals surface area contributed by atoms with Gasteiger partial charge in [-0.3, -0.25) is 10.1 Å². The van der Waals surface area contributed by atoms with E-state index in [1.165, 1.54) is 0 Å². The molecule has 0 aliphatic heterocycles. The first-order valence-electron chi connectivity index (χ1n) is 6.44. The van der Waals surface area contributed by atoms with Crippen LogP contribution in [0.5, 0.6) is 5.75 Å². The molecule has 0 spiro atoms. The Balaban J connectivity index is 2.02. The molecule has 0 aliphatic rings. The number of aryl methyl sites for hydroxylation is 1. The highest BCUT2D eigenvalue weighted by molar-refractivity contribution is 7.92. The second kappa shape index (κ2) is 6.81. The Hall–Kier alpha value is -1.71. The third-order valence-electron chi connectivity index (χ3n) is 2.77. The minimum absolute atomic E-state index is 0.0955. The van der Waals surface area contributed by atoms with Crippen LogP contribution in [0.2, 0.25) is 5.02 Å². The first-order chi connectivity index (χ1) is 10.7. The van der Waals surface area contributed by atoms with E-state index in [9.17, 15) is 13.2 Å². The van der Waals surface area contributed by atoms with Gasteiger partial charge in [0.2, 0.25) is 19.3 Å². The number of benzene rings is 1. The van der Waals surface area contributed by atoms with Crippen molar-refractivity contribution in [3.8, 4) is 5.75 Å². The highest BCUT2D eigenvalue weighted by Gasteiger charge is 2.19. The van der Waals surface area contributed by atoms with Crippen molar-refractivity contribution in [1.82, 2.24) is 10.2 Å². The molecule has 0 fully saturated rings. The topological polar surface area (TPSA) is 98.2 Å². The third kappa shape index (κ3) is 4.63. The molecule has 0 radical (unpaired) electrons. The maximum atomic E-state index is 12.1. The minimum atomic E-state index is -3.45. The van der Waals surface area contributed by atoms with Gasteiger partial charge in [-0.15, -0.1) is 10.2 Å². The standard InChI is InChI=1S/C13H14ClN3O4S2/c1-7-6-9(4-5-10(7)14)21-8(2)11(18)15-12-16-17-13(22-12)23(3,19)20/h4-6,8H,1-3H3,(H,15,16,18)/t8-/m1/s1. The summed E-state index contributed by atoms with van der Waals surface area (Å²) in [6, 6.07) is 5.06. The largest absolute Gasteiger partial charge is 0.481 e. The summed E-state index contributed by atoms with van der Waals surface area (Å²) in [5.74, 6) is 0.0393. The lowest BCUT2D eigenvalue weighted by Crippen LogP contribution is -2.30. The average Bonchev–Trinajstić information content (AvgIpc) is 2.91. The zero-order valence-electron chi connectivity index (χ0n) is 12.5. The zero-order valence-corrected chi connectivity index (χ0v) is 14.9. The van der Waals surface area contributed by atoms with Crippen molar-refractivity contribution >= 4 is 43.8 Å². The Labute approximate surface area is 142 Å². The van der Waals surface area contributed by atoms with Gasteiger partial charge >= 0.3 is 0 Å². The van der Waals surface area contributed by atoms with Gasteiger partial charge < -0.3 is 4.74 Å². The number of hydrogen-bond acceptors (Lipinski definition) is 7. The van der Waals surface area contributed by atoms with Gasteiger partial charge in [-0.2, -0.15) is 0 Å². The summed E-state index contributed by atoms with van der Waals surface area (Å²) in [5.41, 5.74) is 0.832. The lowest BCUT2D eigenvalue weighted by molar-refractivity contribution is -0.122. The van der Waals surface area contributed by atoms with Crippen molar-refractivity contribution in [2.75, 3.05) is 11.6 Å². The number of anilines is 1. The number of carbonyl (C=O) groups is 1. The van der Waals surface area contributed by atoms with Gasteiger partial charge in [-0.05, 0) is 37.6 Å². The Morgan fingerprint density at radius 1 is 1.39 bits per heavy atom. The number of hydrogen-bond donors (Lipinski definition) is 1. The van der Waals surface area contributed by atoms with Crippen LogP contribution in [-0.4, -0.2) is 36.9 Å². The molecular formula is C13H14ClN3O4S2. The number of ether oxygens (including phenoxy) is 1. The molecule has 7 nitrogen and oxygen atoms in total. The summed E-state index contributed by atoms with van der Waals surface area (Å²) in [6.45, 7) is 3.39. The molecule has 0 aliphatic carbocycles. The van der Waals surface area contributed by atoms with Crippen molar-refractivity contribution in [1.29, 1.82) is 0 Å². The highest BCUT2D eigenvalue weighted by atomic mass is 35.5. The Morgan fingerprint density at radius 2 is 2.09 bits per heavy atom. The summed E-state index contributed by atoms with van der Waals surface area (Å²) in [7, 11) is -3.45. The number of carbonyl (C=O) groups excluding carboxylic acids is 1. The molecule has 124 valence electrons. The van der Waals surface area contributed by atoms with Crippen molar-refractivity contribution in [2.24, 2.45) is 0 Å². The first kappa shape index (κ1) is 17.6. The van der Waals surface area contributed by atoms with Crippen LogP contribution in [-0.2, 0) is 14.6 Å². The monoisotopic (exact) mass is 375 g/mol. The number of nitrogens with one attached hydrogen (secondary N) is 1. The molecule has 0 unspecified atom stereocenters. The van der Waals surface area contributed by atoms with E-state index < -0.39 is 21.8 Å². The molecule has 1 amide bonds. The number of amides is 1. The molecule has 23 heavy (non-hydrogen) atoms. The predicted molar refractivity (Wildman–Crippen MR) is 87.9 cm³/mol. The molecule has 0 bridgehead atoms. The number of aromatic nitrogens is 2. The summed E-state index contributed by atoms with van der Waals surface area (Å²) in [5, 5.41) is 10.3. The van der Waals surface area contributed by atoms with E-state index in [0.29, 0.717) is 10.8 Å². The van der Waals surface area contributed by atoms with Crippen molar-refractivity contribution < 1.29 is 17.9 Å². The zero-order chi connectivity index (χ0) is 17.2. The van der Waals surface area contributed by atoms with Gasteiger partial charge in [0.25, 0.3) is 5.91 Å². The number of nitrogens with zero attached hydrogens (tertiary/aromatic N) is 2. The van der Waals surface area contributed by atoms with Crippen molar-refractivity contribution in [3.63, 3.8) is 0 Å². The molecule has 1 aromatic heterocycles. The molecule has 1 N–H and O–H groups in total. The lowest BCUT2D eigenvalue weighted by atomic mass is 10.2. The molecule has 2 rings (SSSR count). The van der Waals surface area contributed by atoms with Crippen LogP contribution < -0.4 is 10.1 Å². The summed E-state index contributed by atoms with van der Waals surface area (Å²) in [6.07, 6.45) is 0.217. The minimum Gasteiger partial charge on any atom is -0.481 e. The fourth-order valence-corrected chi connectivity index (χ4v) is 3.19. The first-order valence-corrected chi connectivity index (χ1v) is 9.52. The fraction of sp³-hybridized carbons (Fsp3) is 0.308. The van der Waals surface area contributed by atoms with Gasteiger partial charge in [-0.1, -0.05) is 22.9 Å². The maximum Gasteiger partial charge on any atom is 0.266 e. The Kier molecular flexibility index (Phi) is 5.23. The van der Waals surface area contributed by atoms with Gasteiger partial charge in [0.15, 0.2) is 6.10 Å². The van der Waals surface area contributed by atoms with Gasteiger partial charge in [0.1, 0.15) is 5.75 Å². The summed E-state index contributed by atoms with van der Waals surface area (Å²) >= 11 is 6.71. The molecule has 0 saturated heterocycles. The van der Waals surface area contributed by atoms with Crippen LogP contribution in [0.4, 0.5) is 5.13 Å². The Bertz CT molecular complexity index is 835. The fourth-order valence-electron chi connectivity index (χ4n) is 1.57. The molecule has 10 heteroatoms. The predicted octanol–water partition coefficient (Wildman–Crippen LogP) is 2.31. The van der Waals surface area contributed by atoms with Crippen LogP contribution in [0, 0.1) is 6.92 Å². The maximum absolute atomic E-state index is 12.1. The van der Waals surface area contributed by atoms with Crippen LogP contribution in [0.15, 0.2) is 22.5 Å². The molecule has 1 heterocycles. The molecule has 2 aromatic rings. The number of rotatable bonds is 5. The number of halogens is 1. The van der Waals surface area contributed by atoms with Crippen LogP contribution in [0.25, 0.3) is 0 Å². The summed E-state index contributed by atoms with van der Waals surface area (Å²) < 4.78 is 28.0. The van der Waals surface area contributed by atoms with E-state index in [-0.39, 0.29) is 9.47 Å². The SMILES string of the molecule is Cc1cc(O[C@H](C)C(=O)Nc2nnc(S(C)(=O)=O)s2)ccc1Cl. The number of sulfone groups is 1. The normalized spacial score (nSPS) is 12.7. The molecule has 1 atom stereocenters. The Morgan fingerprint density at radius 3 is 2.65 bits per heavy atom. The van der Waals surface area contributed by atoms with Gasteiger partial charge in [0.05, 0.1) is 0 Å². The quantitative estimate of drug-likeness (QED) is 0.805. The van der Waals surface area contributed by atoms with E-state index in [1.54, 1.807) is 25.1 Å². The second-order valence-electron chi connectivity index (χ2n) is 4.81. The van der Waals surface area contributed by atoms with Gasteiger partial charge in [-0.25, -0.2) is 8.42 Å². The van der Waals surface area contributed by atoms with E-state index in [0.717, 1.165) is 23.2 Å². The van der Waals surface area contributed by atoms with Crippen LogP contribution in [0.3, 0.4) is 0 Å². The van der Waals surface area contributed by atoms with Crippen molar-refractivity contribution in [3.05, 3.63) is 28.8 Å². The smallest absolute Gasteiger partial charge is 0.266 e.